The van der Waals surface area contributed by atoms with Crippen LogP contribution in [0.5, 0.6) is 0 Å². The smallest absolute Gasteiger partial charge is 0.246 e. The number of rotatable bonds is 5. The van der Waals surface area contributed by atoms with Crippen molar-refractivity contribution >= 4 is 33.6 Å². The molecule has 0 spiro atoms. The molecule has 0 amide bonds. The Morgan fingerprint density at radius 2 is 2.06 bits per heavy atom. The molecule has 0 aliphatic rings. The number of allylic oxidation sites excluding steroid dienone is 1. The van der Waals surface area contributed by atoms with Crippen LogP contribution in [0.4, 0.5) is 0 Å². The highest BCUT2D eigenvalue weighted by Gasteiger charge is 2.09. The minimum atomic E-state index is -0.336. The molecule has 3 nitrogen and oxygen atoms in total. The van der Waals surface area contributed by atoms with Gasteiger partial charge in [0.05, 0.1) is 4.92 Å². The van der Waals surface area contributed by atoms with E-state index in [1.807, 2.05) is 0 Å². The highest BCUT2D eigenvalue weighted by molar-refractivity contribution is 9.09. The van der Waals surface area contributed by atoms with Gasteiger partial charge in [-0.05, 0) is 24.1 Å². The Balaban J connectivity index is 2.84. The van der Waals surface area contributed by atoms with Gasteiger partial charge in [0.1, 0.15) is 0 Å². The highest BCUT2D eigenvalue weighted by atomic mass is 79.9. The van der Waals surface area contributed by atoms with Gasteiger partial charge in [-0.25, -0.2) is 0 Å². The first-order valence-electron chi connectivity index (χ1n) is 4.80. The van der Waals surface area contributed by atoms with Crippen LogP contribution in [0.15, 0.2) is 30.0 Å². The van der Waals surface area contributed by atoms with E-state index in [0.717, 1.165) is 17.3 Å². The second-order valence-corrected chi connectivity index (χ2v) is 4.47. The van der Waals surface area contributed by atoms with E-state index >= 15 is 0 Å². The van der Waals surface area contributed by atoms with Gasteiger partial charge < -0.3 is 0 Å². The van der Waals surface area contributed by atoms with Gasteiger partial charge in [-0.1, -0.05) is 39.7 Å². The lowest BCUT2D eigenvalue weighted by Gasteiger charge is -1.98. The van der Waals surface area contributed by atoms with Gasteiger partial charge >= 0.3 is 0 Å². The Morgan fingerprint density at radius 3 is 2.56 bits per heavy atom. The van der Waals surface area contributed by atoms with Gasteiger partial charge in [0.15, 0.2) is 0 Å². The summed E-state index contributed by atoms with van der Waals surface area (Å²) in [6, 6.07) is 6.96. The minimum Gasteiger partial charge on any atom is -0.259 e. The molecule has 0 radical (unpaired) electrons. The molecule has 0 unspecified atom stereocenters. The third-order valence-electron chi connectivity index (χ3n) is 2.00. The number of alkyl halides is 1. The zero-order chi connectivity index (χ0) is 12.0. The highest BCUT2D eigenvalue weighted by Crippen LogP contribution is 2.15. The number of hydrogen-bond acceptors (Lipinski definition) is 2. The Morgan fingerprint density at radius 1 is 1.44 bits per heavy atom. The molecule has 1 aromatic carbocycles. The normalized spacial score (nSPS) is 11.5. The van der Waals surface area contributed by atoms with Crippen LogP contribution in [-0.2, 0) is 0 Å². The predicted molar refractivity (Wildman–Crippen MR) is 69.5 cm³/mol. The van der Waals surface area contributed by atoms with Crippen LogP contribution in [-0.4, -0.2) is 10.3 Å². The van der Waals surface area contributed by atoms with E-state index in [1.165, 1.54) is 0 Å². The third-order valence-corrected chi connectivity index (χ3v) is 2.82. The summed E-state index contributed by atoms with van der Waals surface area (Å²) in [5.41, 5.74) is 1.02. The van der Waals surface area contributed by atoms with E-state index in [4.69, 9.17) is 11.6 Å². The number of benzene rings is 1. The molecule has 5 heteroatoms. The average molecular weight is 305 g/mol. The summed E-state index contributed by atoms with van der Waals surface area (Å²) in [6.45, 7) is 0. The SMILES string of the molecule is O=[N+]([O-])/C(=C/c1ccc(Cl)cc1)CCCBr. The van der Waals surface area contributed by atoms with Crippen LogP contribution >= 0.6 is 27.5 Å². The summed E-state index contributed by atoms with van der Waals surface area (Å²) in [4.78, 5) is 10.4. The lowest BCUT2D eigenvalue weighted by Crippen LogP contribution is -1.98. The van der Waals surface area contributed by atoms with Crippen molar-refractivity contribution in [2.75, 3.05) is 5.33 Å². The summed E-state index contributed by atoms with van der Waals surface area (Å²) in [5.74, 6) is 0. The van der Waals surface area contributed by atoms with Crippen molar-refractivity contribution in [3.63, 3.8) is 0 Å². The fourth-order valence-electron chi connectivity index (χ4n) is 1.22. The van der Waals surface area contributed by atoms with Crippen LogP contribution in [0.2, 0.25) is 5.02 Å². The zero-order valence-corrected chi connectivity index (χ0v) is 10.9. The Kier molecular flexibility index (Phi) is 5.49. The van der Waals surface area contributed by atoms with Crippen LogP contribution in [0.3, 0.4) is 0 Å². The number of nitro groups is 1. The lowest BCUT2D eigenvalue weighted by atomic mass is 10.1. The van der Waals surface area contributed by atoms with E-state index in [9.17, 15) is 10.1 Å². The molecule has 0 heterocycles. The minimum absolute atomic E-state index is 0.224. The molecular formula is C11H11BrClNO2. The molecule has 0 aliphatic heterocycles. The molecule has 0 fully saturated rings. The van der Waals surface area contributed by atoms with Gasteiger partial charge in [0, 0.05) is 22.8 Å². The molecular weight excluding hydrogens is 293 g/mol. The average Bonchev–Trinajstić information content (AvgIpc) is 2.26. The molecule has 0 N–H and O–H groups in total. The van der Waals surface area contributed by atoms with Crippen molar-refractivity contribution in [1.82, 2.24) is 0 Å². The summed E-state index contributed by atoms with van der Waals surface area (Å²) in [7, 11) is 0. The van der Waals surface area contributed by atoms with Crippen molar-refractivity contribution in [2.24, 2.45) is 0 Å². The number of nitrogens with zero attached hydrogens (tertiary/aromatic N) is 1. The maximum Gasteiger partial charge on any atom is 0.246 e. The summed E-state index contributed by atoms with van der Waals surface area (Å²) in [6.07, 6.45) is 2.79. The third kappa shape index (κ3) is 4.33. The quantitative estimate of drug-likeness (QED) is 0.466. The fraction of sp³-hybridized carbons (Fsp3) is 0.273. The maximum absolute atomic E-state index is 10.8. The van der Waals surface area contributed by atoms with Crippen LogP contribution < -0.4 is 0 Å². The van der Waals surface area contributed by atoms with Crippen molar-refractivity contribution in [3.8, 4) is 0 Å². The van der Waals surface area contributed by atoms with Gasteiger partial charge in [-0.15, -0.1) is 0 Å². The molecule has 0 atom stereocenters. The Labute approximate surface area is 107 Å². The molecule has 0 bridgehead atoms. The molecule has 1 rings (SSSR count). The first-order valence-corrected chi connectivity index (χ1v) is 6.30. The van der Waals surface area contributed by atoms with Crippen molar-refractivity contribution in [3.05, 3.63) is 50.7 Å². The van der Waals surface area contributed by atoms with Crippen LogP contribution in [0.25, 0.3) is 6.08 Å². The van der Waals surface area contributed by atoms with Crippen LogP contribution in [0, 0.1) is 10.1 Å². The van der Waals surface area contributed by atoms with Crippen molar-refractivity contribution < 1.29 is 4.92 Å². The second kappa shape index (κ2) is 6.66. The molecule has 0 aliphatic carbocycles. The maximum atomic E-state index is 10.8. The van der Waals surface area contributed by atoms with E-state index in [0.29, 0.717) is 11.4 Å². The summed E-state index contributed by atoms with van der Waals surface area (Å²) in [5, 5.41) is 12.2. The van der Waals surface area contributed by atoms with Gasteiger partial charge in [0.2, 0.25) is 5.70 Å². The largest absolute Gasteiger partial charge is 0.259 e. The van der Waals surface area contributed by atoms with Crippen molar-refractivity contribution in [2.45, 2.75) is 12.8 Å². The predicted octanol–water partition coefficient (Wildman–Crippen LogP) is 4.13. The molecule has 0 aromatic heterocycles. The molecule has 1 aromatic rings. The Bertz CT molecular complexity index is 389. The van der Waals surface area contributed by atoms with E-state index in [-0.39, 0.29) is 10.6 Å². The number of halogens is 2. The van der Waals surface area contributed by atoms with E-state index < -0.39 is 0 Å². The first-order chi connectivity index (χ1) is 7.63. The molecule has 0 saturated heterocycles. The lowest BCUT2D eigenvalue weighted by molar-refractivity contribution is -0.426. The first kappa shape index (κ1) is 13.2. The van der Waals surface area contributed by atoms with E-state index in [1.54, 1.807) is 30.3 Å². The van der Waals surface area contributed by atoms with E-state index in [2.05, 4.69) is 15.9 Å². The molecule has 0 saturated carbocycles. The van der Waals surface area contributed by atoms with Gasteiger partial charge in [-0.3, -0.25) is 10.1 Å². The topological polar surface area (TPSA) is 43.1 Å². The Hall–Kier alpha value is -0.870. The monoisotopic (exact) mass is 303 g/mol. The van der Waals surface area contributed by atoms with Crippen LogP contribution in [0.1, 0.15) is 18.4 Å². The fourth-order valence-corrected chi connectivity index (χ4v) is 1.62. The van der Waals surface area contributed by atoms with Crippen molar-refractivity contribution in [1.29, 1.82) is 0 Å². The molecule has 16 heavy (non-hydrogen) atoms. The summed E-state index contributed by atoms with van der Waals surface area (Å²) >= 11 is 8.99. The zero-order valence-electron chi connectivity index (χ0n) is 8.53. The van der Waals surface area contributed by atoms with Gasteiger partial charge in [0.25, 0.3) is 0 Å². The standard InChI is InChI=1S/C11H11BrClNO2/c12-7-1-2-11(14(15)16)8-9-3-5-10(13)6-4-9/h3-6,8H,1-2,7H2/b11-8+. The molecule has 86 valence electrons. The second-order valence-electron chi connectivity index (χ2n) is 3.24. The van der Waals surface area contributed by atoms with Gasteiger partial charge in [-0.2, -0.15) is 0 Å². The number of hydrogen-bond donors (Lipinski definition) is 0. The summed E-state index contributed by atoms with van der Waals surface area (Å²) < 4.78 is 0.